The van der Waals surface area contributed by atoms with Crippen LogP contribution in [0.25, 0.3) is 89.4 Å². The third-order valence-corrected chi connectivity index (χ3v) is 11.3. The summed E-state index contributed by atoms with van der Waals surface area (Å²) in [5, 5.41) is 4.64. The number of nitrogens with zero attached hydrogens (tertiary/aromatic N) is 1. The fraction of sp³-hybridized carbons (Fsp3) is 0. The second kappa shape index (κ2) is 14.8. The summed E-state index contributed by atoms with van der Waals surface area (Å²) in [4.78, 5) is 2.36. The first-order valence-corrected chi connectivity index (χ1v) is 19.7. The van der Waals surface area contributed by atoms with Crippen molar-refractivity contribution in [3.63, 3.8) is 0 Å². The molecule has 1 aromatic heterocycles. The van der Waals surface area contributed by atoms with Crippen molar-refractivity contribution in [2.24, 2.45) is 0 Å². The minimum absolute atomic E-state index is 0.813. The summed E-state index contributed by atoms with van der Waals surface area (Å²) in [6, 6.07) is 71.5. The predicted molar refractivity (Wildman–Crippen MR) is 248 cm³/mol. The zero-order chi connectivity index (χ0) is 39.0. The van der Waals surface area contributed by atoms with Gasteiger partial charge in [0.25, 0.3) is 0 Å². The van der Waals surface area contributed by atoms with Crippen LogP contribution in [0.5, 0.6) is 0 Å². The lowest BCUT2D eigenvalue weighted by atomic mass is 9.92. The van der Waals surface area contributed by atoms with Gasteiger partial charge >= 0.3 is 0 Å². The first-order valence-electron chi connectivity index (χ1n) is 19.7. The molecule has 0 unspecified atom stereocenters. The first-order chi connectivity index (χ1) is 28.7. The van der Waals surface area contributed by atoms with Gasteiger partial charge in [-0.3, -0.25) is 0 Å². The summed E-state index contributed by atoms with van der Waals surface area (Å²) in [7, 11) is 0. The van der Waals surface area contributed by atoms with Gasteiger partial charge in [-0.1, -0.05) is 183 Å². The molecule has 0 spiro atoms. The van der Waals surface area contributed by atoms with Crippen LogP contribution in [0, 0.1) is 0 Å². The molecule has 0 saturated carbocycles. The molecule has 0 saturated heterocycles. The standard InChI is InChI=1S/C56H39NO/c1-3-38-37-52(55-51-21-11-13-24-54(51)58-56(55)47(38)4-2)50-20-10-12-23-53(50)57(45-33-29-41(30-34-45)39-15-6-5-7-16-39)46-35-31-42(32-36-46)40-25-27-44(28-26-40)49-22-14-18-43-17-8-9-19-48(43)49/h3-37H,1-2H2. The van der Waals surface area contributed by atoms with Crippen molar-refractivity contribution >= 4 is 61.9 Å². The van der Waals surface area contributed by atoms with Gasteiger partial charge in [0.2, 0.25) is 0 Å². The van der Waals surface area contributed by atoms with Gasteiger partial charge in [0.15, 0.2) is 0 Å². The lowest BCUT2D eigenvalue weighted by Crippen LogP contribution is -2.11. The Hall–Kier alpha value is -7.68. The van der Waals surface area contributed by atoms with Gasteiger partial charge in [-0.15, -0.1) is 0 Å². The molecule has 0 aliphatic carbocycles. The van der Waals surface area contributed by atoms with E-state index in [1.54, 1.807) is 0 Å². The molecule has 0 atom stereocenters. The van der Waals surface area contributed by atoms with Crippen molar-refractivity contribution < 1.29 is 4.42 Å². The number of furan rings is 1. The second-order valence-corrected chi connectivity index (χ2v) is 14.6. The van der Waals surface area contributed by atoms with Crippen LogP contribution in [0.15, 0.2) is 218 Å². The molecule has 0 radical (unpaired) electrons. The quantitative estimate of drug-likeness (QED) is 0.146. The highest BCUT2D eigenvalue weighted by molar-refractivity contribution is 6.16. The Morgan fingerprint density at radius 1 is 0.414 bits per heavy atom. The van der Waals surface area contributed by atoms with Gasteiger partial charge in [-0.25, -0.2) is 0 Å². The van der Waals surface area contributed by atoms with E-state index in [4.69, 9.17) is 4.42 Å². The molecule has 1 heterocycles. The monoisotopic (exact) mass is 741 g/mol. The maximum absolute atomic E-state index is 6.58. The van der Waals surface area contributed by atoms with E-state index < -0.39 is 0 Å². The van der Waals surface area contributed by atoms with Crippen molar-refractivity contribution in [3.05, 3.63) is 224 Å². The average molecular weight is 742 g/mol. The van der Waals surface area contributed by atoms with Crippen molar-refractivity contribution in [3.8, 4) is 44.5 Å². The minimum Gasteiger partial charge on any atom is -0.455 e. The van der Waals surface area contributed by atoms with Crippen molar-refractivity contribution in [1.82, 2.24) is 0 Å². The SMILES string of the molecule is C=Cc1cc(-c2ccccc2N(c2ccc(-c3ccccc3)cc2)c2ccc(-c3ccc(-c4cccc5ccccc45)cc3)cc2)c2c(oc3ccccc32)c1C=C. The third kappa shape index (κ3) is 6.09. The molecule has 274 valence electrons. The van der Waals surface area contributed by atoms with Crippen molar-refractivity contribution in [2.75, 3.05) is 4.90 Å². The van der Waals surface area contributed by atoms with E-state index in [2.05, 4.69) is 206 Å². The lowest BCUT2D eigenvalue weighted by Gasteiger charge is -2.28. The number of anilines is 3. The Kier molecular flexibility index (Phi) is 8.85. The molecular weight excluding hydrogens is 703 g/mol. The number of hydrogen-bond donors (Lipinski definition) is 0. The third-order valence-electron chi connectivity index (χ3n) is 11.3. The summed E-state index contributed by atoms with van der Waals surface area (Å²) >= 11 is 0. The summed E-state index contributed by atoms with van der Waals surface area (Å²) < 4.78 is 6.58. The van der Waals surface area contributed by atoms with E-state index >= 15 is 0 Å². The van der Waals surface area contributed by atoms with Gasteiger partial charge in [0.05, 0.1) is 5.69 Å². The van der Waals surface area contributed by atoms with Crippen LogP contribution in [-0.2, 0) is 0 Å². The Bertz CT molecular complexity index is 3110. The normalized spacial score (nSPS) is 11.2. The molecule has 0 aliphatic rings. The highest BCUT2D eigenvalue weighted by atomic mass is 16.3. The molecule has 0 aliphatic heterocycles. The second-order valence-electron chi connectivity index (χ2n) is 14.6. The summed E-state index contributed by atoms with van der Waals surface area (Å²) in [6.45, 7) is 8.34. The van der Waals surface area contributed by atoms with Crippen LogP contribution in [-0.4, -0.2) is 0 Å². The minimum atomic E-state index is 0.813. The summed E-state index contributed by atoms with van der Waals surface area (Å²) in [6.07, 6.45) is 3.76. The van der Waals surface area contributed by atoms with E-state index in [1.807, 2.05) is 24.3 Å². The summed E-state index contributed by atoms with van der Waals surface area (Å²) in [5.74, 6) is 0. The molecule has 0 bridgehead atoms. The molecule has 0 fully saturated rings. The van der Waals surface area contributed by atoms with E-state index in [0.29, 0.717) is 0 Å². The highest BCUT2D eigenvalue weighted by Gasteiger charge is 2.23. The van der Waals surface area contributed by atoms with Gasteiger partial charge in [-0.2, -0.15) is 0 Å². The van der Waals surface area contributed by atoms with Crippen LogP contribution < -0.4 is 4.90 Å². The molecule has 0 N–H and O–H groups in total. The molecule has 2 nitrogen and oxygen atoms in total. The fourth-order valence-corrected chi connectivity index (χ4v) is 8.41. The van der Waals surface area contributed by atoms with Gasteiger partial charge < -0.3 is 9.32 Å². The molecule has 9 aromatic carbocycles. The van der Waals surface area contributed by atoms with Gasteiger partial charge in [-0.05, 0) is 97.7 Å². The van der Waals surface area contributed by atoms with Crippen LogP contribution in [0.4, 0.5) is 17.1 Å². The lowest BCUT2D eigenvalue weighted by molar-refractivity contribution is 0.668. The Balaban J connectivity index is 1.10. The molecule has 2 heteroatoms. The average Bonchev–Trinajstić information content (AvgIpc) is 3.69. The zero-order valence-corrected chi connectivity index (χ0v) is 32.0. The van der Waals surface area contributed by atoms with Crippen molar-refractivity contribution in [2.45, 2.75) is 0 Å². The smallest absolute Gasteiger partial charge is 0.143 e. The maximum atomic E-state index is 6.58. The van der Waals surface area contributed by atoms with E-state index in [1.165, 1.54) is 38.6 Å². The molecule has 10 rings (SSSR count). The first kappa shape index (κ1) is 34.8. The molecule has 58 heavy (non-hydrogen) atoms. The zero-order valence-electron chi connectivity index (χ0n) is 32.0. The number of hydrogen-bond acceptors (Lipinski definition) is 2. The Labute approximate surface area is 338 Å². The summed E-state index contributed by atoms with van der Waals surface area (Å²) in [5.41, 5.74) is 16.0. The topological polar surface area (TPSA) is 16.4 Å². The van der Waals surface area contributed by atoms with E-state index in [9.17, 15) is 0 Å². The molecule has 0 amide bonds. The van der Waals surface area contributed by atoms with Gasteiger partial charge in [0, 0.05) is 33.3 Å². The van der Waals surface area contributed by atoms with Crippen LogP contribution in [0.1, 0.15) is 11.1 Å². The predicted octanol–water partition coefficient (Wildman–Crippen LogP) is 16.2. The van der Waals surface area contributed by atoms with Crippen LogP contribution >= 0.6 is 0 Å². The number of rotatable bonds is 9. The van der Waals surface area contributed by atoms with Crippen LogP contribution in [0.2, 0.25) is 0 Å². The van der Waals surface area contributed by atoms with Crippen molar-refractivity contribution in [1.29, 1.82) is 0 Å². The molecule has 10 aromatic rings. The fourth-order valence-electron chi connectivity index (χ4n) is 8.41. The maximum Gasteiger partial charge on any atom is 0.143 e. The Morgan fingerprint density at radius 2 is 0.948 bits per heavy atom. The number of fused-ring (bicyclic) bond motifs is 4. The van der Waals surface area contributed by atoms with E-state index in [0.717, 1.165) is 66.8 Å². The number of para-hydroxylation sites is 2. The molecular formula is C56H39NO. The largest absolute Gasteiger partial charge is 0.455 e. The van der Waals surface area contributed by atoms with Gasteiger partial charge in [0.1, 0.15) is 11.2 Å². The van der Waals surface area contributed by atoms with E-state index in [-0.39, 0.29) is 0 Å². The van der Waals surface area contributed by atoms with Crippen LogP contribution in [0.3, 0.4) is 0 Å². The number of benzene rings is 9. The highest BCUT2D eigenvalue weighted by Crippen LogP contribution is 2.47. The Morgan fingerprint density at radius 3 is 1.64 bits per heavy atom.